The van der Waals surface area contributed by atoms with Gasteiger partial charge in [-0.1, -0.05) is 111 Å². The number of aryl methyl sites for hydroxylation is 1. The lowest BCUT2D eigenvalue weighted by atomic mass is 9.55. The molecule has 0 spiro atoms. The number of ether oxygens (including phenoxy) is 1. The molecule has 4 unspecified atom stereocenters. The van der Waals surface area contributed by atoms with Gasteiger partial charge in [-0.15, -0.1) is 0 Å². The summed E-state index contributed by atoms with van der Waals surface area (Å²) in [6.07, 6.45) is 27.8. The molecule has 0 amide bonds. The number of Topliss-reactive ketones (excluding diaryl/α,β-unsaturated/α-hetero) is 1. The molecule has 0 heterocycles. The zero-order valence-corrected chi connectivity index (χ0v) is 29.0. The smallest absolute Gasteiger partial charge is 0.311 e. The third-order valence-corrected chi connectivity index (χ3v) is 10.3. The molecule has 0 N–H and O–H groups in total. The monoisotopic (exact) mass is 595 g/mol. The van der Waals surface area contributed by atoms with Gasteiger partial charge in [0.2, 0.25) is 0 Å². The molecular weight excluding hydrogens is 528 g/mol. The molecule has 43 heavy (non-hydrogen) atoms. The fourth-order valence-corrected chi connectivity index (χ4v) is 7.92. The van der Waals surface area contributed by atoms with Crippen molar-refractivity contribution >= 4 is 11.8 Å². The maximum Gasteiger partial charge on any atom is 0.311 e. The highest BCUT2D eigenvalue weighted by Crippen LogP contribution is 2.59. The number of carbonyl (C=O) groups is 2. The summed E-state index contributed by atoms with van der Waals surface area (Å²) in [5.74, 6) is 2.88. The summed E-state index contributed by atoms with van der Waals surface area (Å²) in [4.78, 5) is 25.0. The Labute approximate surface area is 266 Å². The largest absolute Gasteiger partial charge is 0.427 e. The van der Waals surface area contributed by atoms with E-state index in [1.807, 2.05) is 33.8 Å². The Bertz CT molecular complexity index is 962. The van der Waals surface area contributed by atoms with E-state index < -0.39 is 0 Å². The van der Waals surface area contributed by atoms with Crippen LogP contribution in [0.5, 0.6) is 5.75 Å². The normalized spacial score (nSPS) is 23.8. The summed E-state index contributed by atoms with van der Waals surface area (Å²) in [5, 5.41) is 0. The number of fused-ring (bicyclic) bond motifs is 5. The molecule has 0 radical (unpaired) electrons. The van der Waals surface area contributed by atoms with Gasteiger partial charge >= 0.3 is 5.97 Å². The number of hydrogen-bond acceptors (Lipinski definition) is 3. The summed E-state index contributed by atoms with van der Waals surface area (Å²) in [6.45, 7) is 12.5. The first-order chi connectivity index (χ1) is 21.0. The molecule has 3 aliphatic rings. The van der Waals surface area contributed by atoms with Crippen LogP contribution in [0.2, 0.25) is 0 Å². The van der Waals surface area contributed by atoms with Crippen molar-refractivity contribution in [2.24, 2.45) is 17.3 Å². The fraction of sp³-hybridized carbons (Fsp3) is 0.750. The van der Waals surface area contributed by atoms with Crippen molar-refractivity contribution in [3.8, 4) is 5.75 Å². The molecule has 0 saturated heterocycles. The topological polar surface area (TPSA) is 43.4 Å². The van der Waals surface area contributed by atoms with E-state index in [1.54, 1.807) is 0 Å². The van der Waals surface area contributed by atoms with Gasteiger partial charge in [0.25, 0.3) is 0 Å². The Kier molecular flexibility index (Phi) is 18.2. The second-order valence-corrected chi connectivity index (χ2v) is 13.0. The lowest BCUT2D eigenvalue weighted by Gasteiger charge is -2.48. The van der Waals surface area contributed by atoms with Crippen molar-refractivity contribution in [2.45, 2.75) is 176 Å². The minimum absolute atomic E-state index is 0.0713. The molecule has 0 bridgehead atoms. The number of benzene rings is 1. The lowest BCUT2D eigenvalue weighted by Crippen LogP contribution is -2.42. The second-order valence-electron chi connectivity index (χ2n) is 13.0. The van der Waals surface area contributed by atoms with E-state index >= 15 is 0 Å². The van der Waals surface area contributed by atoms with Gasteiger partial charge in [-0.05, 0) is 105 Å². The van der Waals surface area contributed by atoms with Crippen molar-refractivity contribution in [3.05, 3.63) is 41.5 Å². The van der Waals surface area contributed by atoms with Crippen molar-refractivity contribution in [3.63, 3.8) is 0 Å². The minimum Gasteiger partial charge on any atom is -0.427 e. The van der Waals surface area contributed by atoms with Crippen LogP contribution in [0, 0.1) is 17.3 Å². The van der Waals surface area contributed by atoms with Crippen LogP contribution < -0.4 is 4.74 Å². The molecule has 0 aromatic heterocycles. The van der Waals surface area contributed by atoms with E-state index in [2.05, 4.69) is 38.1 Å². The molecule has 2 saturated carbocycles. The van der Waals surface area contributed by atoms with Gasteiger partial charge in [-0.2, -0.15) is 0 Å². The summed E-state index contributed by atoms with van der Waals surface area (Å²) in [5.41, 5.74) is 2.73. The summed E-state index contributed by atoms with van der Waals surface area (Å²) >= 11 is 0. The van der Waals surface area contributed by atoms with Crippen molar-refractivity contribution in [1.29, 1.82) is 0 Å². The minimum atomic E-state index is -0.0980. The van der Waals surface area contributed by atoms with Crippen molar-refractivity contribution < 1.29 is 14.3 Å². The predicted molar refractivity (Wildman–Crippen MR) is 184 cm³/mol. The van der Waals surface area contributed by atoms with Crippen LogP contribution in [0.15, 0.2) is 30.4 Å². The van der Waals surface area contributed by atoms with Crippen LogP contribution >= 0.6 is 0 Å². The highest BCUT2D eigenvalue weighted by atomic mass is 16.5. The van der Waals surface area contributed by atoms with E-state index in [0.717, 1.165) is 51.4 Å². The van der Waals surface area contributed by atoms with Gasteiger partial charge in [-0.3, -0.25) is 9.59 Å². The first-order valence-corrected chi connectivity index (χ1v) is 18.5. The van der Waals surface area contributed by atoms with Crippen LogP contribution in [0.4, 0.5) is 0 Å². The van der Waals surface area contributed by atoms with E-state index in [1.165, 1.54) is 81.8 Å². The Hall–Kier alpha value is -1.90. The molecule has 2 fully saturated rings. The van der Waals surface area contributed by atoms with E-state index in [0.29, 0.717) is 35.7 Å². The maximum absolute atomic E-state index is 12.6. The number of hydrogen-bond donors (Lipinski definition) is 0. The lowest BCUT2D eigenvalue weighted by molar-refractivity contribution is -0.134. The SMILES string of the molecule is CC.CC.CCCCCCCC/C=C\CCCCCCCC(=O)Oc1ccc2c(c1)CCC1C2CCC2(C)C(=O)CCC12. The molecule has 244 valence electrons. The van der Waals surface area contributed by atoms with Crippen molar-refractivity contribution in [1.82, 2.24) is 0 Å². The number of esters is 1. The fourth-order valence-electron chi connectivity index (χ4n) is 7.92. The first-order valence-electron chi connectivity index (χ1n) is 18.5. The van der Waals surface area contributed by atoms with Crippen LogP contribution in [-0.4, -0.2) is 11.8 Å². The number of ketones is 1. The standard InChI is InChI=1S/C36H54O3.2C2H6/c1-3-4-5-6-7-8-9-10-11-12-13-14-15-16-17-18-35(38)39-29-20-22-30-28(27-29)19-21-32-31(30)25-26-36(2)33(32)23-24-34(36)37;2*1-2/h10-11,20,22,27,31-33H,3-9,12-19,21,23-26H2,1-2H3;2*1-2H3/b11-10-;;. The second kappa shape index (κ2) is 20.9. The zero-order chi connectivity index (χ0) is 31.5. The molecule has 0 aliphatic heterocycles. The zero-order valence-electron chi connectivity index (χ0n) is 29.0. The quantitative estimate of drug-likeness (QED) is 0.0827. The third kappa shape index (κ3) is 11.2. The van der Waals surface area contributed by atoms with Gasteiger partial charge in [0.05, 0.1) is 0 Å². The van der Waals surface area contributed by atoms with Crippen LogP contribution in [0.1, 0.15) is 181 Å². The Balaban J connectivity index is 0.00000155. The van der Waals surface area contributed by atoms with Gasteiger partial charge in [-0.25, -0.2) is 0 Å². The van der Waals surface area contributed by atoms with Crippen LogP contribution in [-0.2, 0) is 16.0 Å². The summed E-state index contributed by atoms with van der Waals surface area (Å²) < 4.78 is 5.74. The number of allylic oxidation sites excluding steroid dienone is 2. The molecule has 4 rings (SSSR count). The predicted octanol–water partition coefficient (Wildman–Crippen LogP) is 12.1. The van der Waals surface area contributed by atoms with Crippen molar-refractivity contribution in [2.75, 3.05) is 0 Å². The molecule has 3 aliphatic carbocycles. The molecular formula is C40H66O3. The summed E-state index contributed by atoms with van der Waals surface area (Å²) in [6, 6.07) is 6.35. The van der Waals surface area contributed by atoms with Gasteiger partial charge in [0, 0.05) is 18.3 Å². The Morgan fingerprint density at radius 1 is 0.837 bits per heavy atom. The van der Waals surface area contributed by atoms with Gasteiger partial charge in [0.1, 0.15) is 11.5 Å². The number of carbonyl (C=O) groups excluding carboxylic acids is 2. The molecule has 3 heteroatoms. The number of unbranched alkanes of at least 4 members (excludes halogenated alkanes) is 11. The van der Waals surface area contributed by atoms with E-state index in [-0.39, 0.29) is 11.4 Å². The summed E-state index contributed by atoms with van der Waals surface area (Å²) in [7, 11) is 0. The van der Waals surface area contributed by atoms with Crippen LogP contribution in [0.3, 0.4) is 0 Å². The first kappa shape index (κ1) is 37.3. The third-order valence-electron chi connectivity index (χ3n) is 10.3. The molecule has 3 nitrogen and oxygen atoms in total. The highest BCUT2D eigenvalue weighted by molar-refractivity contribution is 5.87. The Morgan fingerprint density at radius 3 is 2.14 bits per heavy atom. The number of rotatable bonds is 16. The van der Waals surface area contributed by atoms with Gasteiger partial charge in [0.15, 0.2) is 0 Å². The maximum atomic E-state index is 12.6. The van der Waals surface area contributed by atoms with E-state index in [9.17, 15) is 9.59 Å². The average Bonchev–Trinajstić information content (AvgIpc) is 3.34. The Morgan fingerprint density at radius 2 is 1.47 bits per heavy atom. The molecule has 4 atom stereocenters. The van der Waals surface area contributed by atoms with Crippen LogP contribution in [0.25, 0.3) is 0 Å². The molecule has 1 aromatic rings. The highest BCUT2D eigenvalue weighted by Gasteiger charge is 2.54. The molecule has 1 aromatic carbocycles. The van der Waals surface area contributed by atoms with Gasteiger partial charge < -0.3 is 4.74 Å². The van der Waals surface area contributed by atoms with E-state index in [4.69, 9.17) is 4.74 Å². The average molecular weight is 595 g/mol.